The van der Waals surface area contributed by atoms with E-state index in [9.17, 15) is 13.5 Å². The van der Waals surface area contributed by atoms with E-state index >= 15 is 0 Å². The lowest BCUT2D eigenvalue weighted by Gasteiger charge is -2.37. The predicted molar refractivity (Wildman–Crippen MR) is 70.4 cm³/mol. The number of fused-ring (bicyclic) bond motifs is 1. The minimum absolute atomic E-state index is 0.0728. The lowest BCUT2D eigenvalue weighted by Crippen LogP contribution is -2.40. The fraction of sp³-hybridized carbons (Fsp3) is 0.538. The van der Waals surface area contributed by atoms with Crippen molar-refractivity contribution >= 4 is 15.5 Å². The molecule has 0 spiro atoms. The monoisotopic (exact) mass is 267 g/mol. The molecule has 0 aromatic heterocycles. The molecule has 1 saturated heterocycles. The molecule has 2 aliphatic heterocycles. The van der Waals surface area contributed by atoms with Crippen LogP contribution in [0.2, 0.25) is 0 Å². The first kappa shape index (κ1) is 12.0. The Hall–Kier alpha value is -1.07. The Balaban J connectivity index is 1.94. The lowest BCUT2D eigenvalue weighted by atomic mass is 9.97. The highest BCUT2D eigenvalue weighted by Gasteiger charge is 2.35. The quantitative estimate of drug-likeness (QED) is 0.828. The number of hydrogen-bond donors (Lipinski definition) is 1. The van der Waals surface area contributed by atoms with Crippen molar-refractivity contribution in [3.8, 4) is 0 Å². The second kappa shape index (κ2) is 4.24. The molecule has 18 heavy (non-hydrogen) atoms. The second-order valence-electron chi connectivity index (χ2n) is 5.11. The van der Waals surface area contributed by atoms with Crippen LogP contribution in [0.1, 0.15) is 24.5 Å². The Labute approximate surface area is 107 Å². The molecular formula is C13H17NO3S. The molecule has 1 aromatic rings. The van der Waals surface area contributed by atoms with Crippen molar-refractivity contribution in [3.05, 3.63) is 29.8 Å². The van der Waals surface area contributed by atoms with E-state index in [0.717, 1.165) is 17.8 Å². The third kappa shape index (κ3) is 2.01. The molecule has 5 heteroatoms. The second-order valence-corrected chi connectivity index (χ2v) is 7.34. The predicted octanol–water partition coefficient (Wildman–Crippen LogP) is 1.12. The highest BCUT2D eigenvalue weighted by atomic mass is 32.2. The van der Waals surface area contributed by atoms with Crippen LogP contribution < -0.4 is 4.90 Å². The van der Waals surface area contributed by atoms with E-state index in [1.165, 1.54) is 0 Å². The van der Waals surface area contributed by atoms with Crippen LogP contribution in [0, 0.1) is 0 Å². The number of benzene rings is 1. The van der Waals surface area contributed by atoms with Gasteiger partial charge in [0.25, 0.3) is 0 Å². The van der Waals surface area contributed by atoms with E-state index in [4.69, 9.17) is 0 Å². The highest BCUT2D eigenvalue weighted by Crippen LogP contribution is 2.36. The van der Waals surface area contributed by atoms with Gasteiger partial charge in [0, 0.05) is 23.8 Å². The van der Waals surface area contributed by atoms with E-state index in [1.54, 1.807) is 0 Å². The maximum absolute atomic E-state index is 11.6. The fourth-order valence-corrected chi connectivity index (χ4v) is 4.70. The third-order valence-corrected chi connectivity index (χ3v) is 5.65. The summed E-state index contributed by atoms with van der Waals surface area (Å²) in [4.78, 5) is 2.16. The van der Waals surface area contributed by atoms with Crippen LogP contribution in [0.3, 0.4) is 0 Å². The number of aliphatic hydroxyl groups is 1. The number of hydrogen-bond acceptors (Lipinski definition) is 4. The summed E-state index contributed by atoms with van der Waals surface area (Å²) < 4.78 is 23.2. The highest BCUT2D eigenvalue weighted by molar-refractivity contribution is 7.91. The van der Waals surface area contributed by atoms with Gasteiger partial charge in [-0.2, -0.15) is 0 Å². The first-order chi connectivity index (χ1) is 8.57. The van der Waals surface area contributed by atoms with Gasteiger partial charge in [-0.05, 0) is 18.9 Å². The SMILES string of the molecule is O=S1(=O)CCC(N2CCC(O)c3ccccc32)C1. The Morgan fingerprint density at radius 3 is 2.72 bits per heavy atom. The average Bonchev–Trinajstić information content (AvgIpc) is 2.70. The number of anilines is 1. The van der Waals surface area contributed by atoms with Gasteiger partial charge in [-0.15, -0.1) is 0 Å². The standard InChI is InChI=1S/C13H17NO3S/c15-13-5-7-14(10-6-8-18(16,17)9-10)12-4-2-1-3-11(12)13/h1-4,10,13,15H,5-9H2. The molecule has 1 N–H and O–H groups in total. The molecule has 2 aliphatic rings. The van der Waals surface area contributed by atoms with E-state index in [1.807, 2.05) is 24.3 Å². The maximum Gasteiger partial charge on any atom is 0.152 e. The molecule has 98 valence electrons. The van der Waals surface area contributed by atoms with Gasteiger partial charge in [-0.25, -0.2) is 8.42 Å². The van der Waals surface area contributed by atoms with Crippen LogP contribution in [0.25, 0.3) is 0 Å². The van der Waals surface area contributed by atoms with Crippen LogP contribution >= 0.6 is 0 Å². The molecule has 3 rings (SSSR count). The first-order valence-corrected chi connectivity index (χ1v) is 8.13. The number of nitrogens with zero attached hydrogens (tertiary/aromatic N) is 1. The summed E-state index contributed by atoms with van der Waals surface area (Å²) in [5, 5.41) is 9.98. The minimum Gasteiger partial charge on any atom is -0.388 e. The number of aliphatic hydroxyl groups excluding tert-OH is 1. The van der Waals surface area contributed by atoms with Crippen LogP contribution in [-0.4, -0.2) is 37.6 Å². The van der Waals surface area contributed by atoms with E-state index in [2.05, 4.69) is 4.90 Å². The zero-order valence-electron chi connectivity index (χ0n) is 10.1. The van der Waals surface area contributed by atoms with Crippen LogP contribution in [0.4, 0.5) is 5.69 Å². The summed E-state index contributed by atoms with van der Waals surface area (Å²) in [6.45, 7) is 0.734. The summed E-state index contributed by atoms with van der Waals surface area (Å²) in [5.41, 5.74) is 1.92. The van der Waals surface area contributed by atoms with Gasteiger partial charge in [-0.3, -0.25) is 0 Å². The van der Waals surface area contributed by atoms with Gasteiger partial charge in [0.15, 0.2) is 9.84 Å². The summed E-state index contributed by atoms with van der Waals surface area (Å²) >= 11 is 0. The molecule has 0 radical (unpaired) electrons. The topological polar surface area (TPSA) is 57.6 Å². The van der Waals surface area contributed by atoms with Crippen molar-refractivity contribution in [2.45, 2.75) is 25.0 Å². The van der Waals surface area contributed by atoms with Gasteiger partial charge in [-0.1, -0.05) is 18.2 Å². The summed E-state index contributed by atoms with van der Waals surface area (Å²) in [7, 11) is -2.87. The molecule has 0 bridgehead atoms. The number of para-hydroxylation sites is 1. The molecule has 2 atom stereocenters. The van der Waals surface area contributed by atoms with Crippen molar-refractivity contribution in [1.82, 2.24) is 0 Å². The Bertz CT molecular complexity index is 555. The van der Waals surface area contributed by atoms with Crippen LogP contribution in [0.5, 0.6) is 0 Å². The van der Waals surface area contributed by atoms with Crippen molar-refractivity contribution in [1.29, 1.82) is 0 Å². The summed E-state index contributed by atoms with van der Waals surface area (Å²) in [6, 6.07) is 7.83. The Kier molecular flexibility index (Phi) is 2.83. The van der Waals surface area contributed by atoms with Gasteiger partial charge in [0.05, 0.1) is 17.6 Å². The molecule has 1 fully saturated rings. The zero-order valence-corrected chi connectivity index (χ0v) is 10.9. The zero-order chi connectivity index (χ0) is 12.8. The van der Waals surface area contributed by atoms with Crippen molar-refractivity contribution < 1.29 is 13.5 Å². The van der Waals surface area contributed by atoms with Crippen LogP contribution in [-0.2, 0) is 9.84 Å². The normalized spacial score (nSPS) is 30.2. The number of sulfone groups is 1. The molecule has 2 unspecified atom stereocenters. The van der Waals surface area contributed by atoms with Gasteiger partial charge >= 0.3 is 0 Å². The fourth-order valence-electron chi connectivity index (χ4n) is 2.97. The van der Waals surface area contributed by atoms with Crippen molar-refractivity contribution in [2.75, 3.05) is 23.0 Å². The summed E-state index contributed by atoms with van der Waals surface area (Å²) in [5.74, 6) is 0.538. The minimum atomic E-state index is -2.87. The van der Waals surface area contributed by atoms with Crippen molar-refractivity contribution in [3.63, 3.8) is 0 Å². The molecule has 0 aliphatic carbocycles. The van der Waals surface area contributed by atoms with Gasteiger partial charge in [0.2, 0.25) is 0 Å². The third-order valence-electron chi connectivity index (χ3n) is 3.90. The summed E-state index contributed by atoms with van der Waals surface area (Å²) in [6.07, 6.45) is 0.954. The first-order valence-electron chi connectivity index (χ1n) is 6.31. The van der Waals surface area contributed by atoms with Gasteiger partial charge in [0.1, 0.15) is 0 Å². The number of rotatable bonds is 1. The maximum atomic E-state index is 11.6. The largest absolute Gasteiger partial charge is 0.388 e. The molecular weight excluding hydrogens is 250 g/mol. The van der Waals surface area contributed by atoms with Crippen LogP contribution in [0.15, 0.2) is 24.3 Å². The Morgan fingerprint density at radius 1 is 1.22 bits per heavy atom. The lowest BCUT2D eigenvalue weighted by molar-refractivity contribution is 0.163. The van der Waals surface area contributed by atoms with E-state index in [-0.39, 0.29) is 11.8 Å². The van der Waals surface area contributed by atoms with E-state index < -0.39 is 15.9 Å². The Morgan fingerprint density at radius 2 is 2.00 bits per heavy atom. The van der Waals surface area contributed by atoms with Gasteiger partial charge < -0.3 is 10.0 Å². The van der Waals surface area contributed by atoms with Crippen molar-refractivity contribution in [2.24, 2.45) is 0 Å². The molecule has 0 amide bonds. The van der Waals surface area contributed by atoms with E-state index in [0.29, 0.717) is 18.6 Å². The average molecular weight is 267 g/mol. The smallest absolute Gasteiger partial charge is 0.152 e. The molecule has 2 heterocycles. The molecule has 0 saturated carbocycles. The molecule has 1 aromatic carbocycles. The molecule has 4 nitrogen and oxygen atoms in total.